The highest BCUT2D eigenvalue weighted by Gasteiger charge is 2.41. The molecule has 1 aromatic heterocycles. The Bertz CT molecular complexity index is 1140. The molecule has 166 valence electrons. The first-order chi connectivity index (χ1) is 15.5. The van der Waals surface area contributed by atoms with E-state index in [1.54, 1.807) is 13.3 Å². The molecule has 2 unspecified atom stereocenters. The molecule has 5 heteroatoms. The first-order valence-electron chi connectivity index (χ1n) is 11.6. The van der Waals surface area contributed by atoms with Crippen LogP contribution in [0.25, 0.3) is 10.9 Å². The molecule has 2 fully saturated rings. The second-order valence-corrected chi connectivity index (χ2v) is 9.29. The smallest absolute Gasteiger partial charge is 0.253 e. The molecule has 0 spiro atoms. The maximum absolute atomic E-state index is 12.9. The van der Waals surface area contributed by atoms with Crippen molar-refractivity contribution in [2.24, 2.45) is 0 Å². The average Bonchev–Trinajstić information content (AvgIpc) is 3.04. The van der Waals surface area contributed by atoms with E-state index in [4.69, 9.17) is 4.74 Å². The lowest BCUT2D eigenvalue weighted by atomic mass is 9.95. The van der Waals surface area contributed by atoms with Crippen molar-refractivity contribution in [1.29, 1.82) is 0 Å². The number of para-hydroxylation sites is 1. The molecular weight excluding hydrogens is 398 g/mol. The normalized spacial score (nSPS) is 22.8. The molecule has 2 atom stereocenters. The molecule has 2 aliphatic rings. The standard InChI is InChI=1S/C27H31N3O2/c1-17-18(2)26(32-3)11-8-20(17)16-30-23-9-10-24(30)14-22(13-23)29-27(31)21-12-19-6-4-5-7-25(19)28-15-21/h4-8,11-12,15,22-24H,9-10,13-14,16H2,1-3H3,(H,29,31). The first-order valence-corrected chi connectivity index (χ1v) is 11.6. The number of hydrogen-bond acceptors (Lipinski definition) is 4. The topological polar surface area (TPSA) is 54.5 Å². The van der Waals surface area contributed by atoms with Gasteiger partial charge in [-0.3, -0.25) is 14.7 Å². The van der Waals surface area contributed by atoms with E-state index >= 15 is 0 Å². The van der Waals surface area contributed by atoms with Crippen LogP contribution in [-0.4, -0.2) is 41.0 Å². The lowest BCUT2D eigenvalue weighted by Gasteiger charge is -2.39. The number of pyridine rings is 1. The van der Waals surface area contributed by atoms with E-state index in [2.05, 4.69) is 41.2 Å². The minimum absolute atomic E-state index is 0.0114. The lowest BCUT2D eigenvalue weighted by Crippen LogP contribution is -2.50. The van der Waals surface area contributed by atoms with E-state index in [0.29, 0.717) is 17.6 Å². The first kappa shape index (κ1) is 21.0. The maximum Gasteiger partial charge on any atom is 0.253 e. The summed E-state index contributed by atoms with van der Waals surface area (Å²) in [7, 11) is 1.73. The molecule has 1 amide bonds. The minimum atomic E-state index is -0.0114. The summed E-state index contributed by atoms with van der Waals surface area (Å²) in [6, 6.07) is 15.4. The van der Waals surface area contributed by atoms with Crippen LogP contribution >= 0.6 is 0 Å². The molecule has 0 aliphatic carbocycles. The predicted octanol–water partition coefficient (Wildman–Crippen LogP) is 4.79. The SMILES string of the molecule is COc1ccc(CN2C3CCC2CC(NC(=O)c2cnc4ccccc4c2)C3)c(C)c1C. The minimum Gasteiger partial charge on any atom is -0.496 e. The number of aromatic nitrogens is 1. The number of nitrogens with zero attached hydrogens (tertiary/aromatic N) is 2. The van der Waals surface area contributed by atoms with Gasteiger partial charge in [0, 0.05) is 36.3 Å². The van der Waals surface area contributed by atoms with Gasteiger partial charge in [-0.1, -0.05) is 24.3 Å². The van der Waals surface area contributed by atoms with Crippen LogP contribution in [0.3, 0.4) is 0 Å². The summed E-state index contributed by atoms with van der Waals surface area (Å²) in [4.78, 5) is 20.0. The molecule has 3 aromatic rings. The summed E-state index contributed by atoms with van der Waals surface area (Å²) in [6.07, 6.45) is 6.14. The predicted molar refractivity (Wildman–Crippen MR) is 127 cm³/mol. The molecule has 0 radical (unpaired) electrons. The van der Waals surface area contributed by atoms with Gasteiger partial charge in [-0.25, -0.2) is 0 Å². The third kappa shape index (κ3) is 3.86. The number of benzene rings is 2. The highest BCUT2D eigenvalue weighted by molar-refractivity contribution is 5.97. The van der Waals surface area contributed by atoms with Crippen molar-refractivity contribution in [3.05, 3.63) is 70.9 Å². The number of fused-ring (bicyclic) bond motifs is 3. The van der Waals surface area contributed by atoms with Crippen LogP contribution in [0.4, 0.5) is 0 Å². The highest BCUT2D eigenvalue weighted by atomic mass is 16.5. The van der Waals surface area contributed by atoms with Gasteiger partial charge in [0.25, 0.3) is 5.91 Å². The Balaban J connectivity index is 1.26. The number of methoxy groups -OCH3 is 1. The third-order valence-corrected chi connectivity index (χ3v) is 7.49. The molecule has 1 N–H and O–H groups in total. The average molecular weight is 430 g/mol. The van der Waals surface area contributed by atoms with Crippen LogP contribution in [-0.2, 0) is 6.54 Å². The van der Waals surface area contributed by atoms with Crippen molar-refractivity contribution < 1.29 is 9.53 Å². The molecule has 5 rings (SSSR count). The molecule has 2 saturated heterocycles. The zero-order valence-corrected chi connectivity index (χ0v) is 19.1. The van der Waals surface area contributed by atoms with Crippen LogP contribution in [0.1, 0.15) is 52.7 Å². The van der Waals surface area contributed by atoms with Gasteiger partial charge < -0.3 is 10.1 Å². The number of ether oxygens (including phenoxy) is 1. The van der Waals surface area contributed by atoms with E-state index in [-0.39, 0.29) is 11.9 Å². The number of nitrogens with one attached hydrogen (secondary N) is 1. The van der Waals surface area contributed by atoms with Crippen LogP contribution in [0.2, 0.25) is 0 Å². The Hall–Kier alpha value is -2.92. The van der Waals surface area contributed by atoms with Gasteiger partial charge in [0.05, 0.1) is 18.2 Å². The van der Waals surface area contributed by atoms with Gasteiger partial charge in [0.2, 0.25) is 0 Å². The summed E-state index contributed by atoms with van der Waals surface area (Å²) in [6.45, 7) is 5.30. The van der Waals surface area contributed by atoms with Crippen LogP contribution in [0.5, 0.6) is 5.75 Å². The summed E-state index contributed by atoms with van der Waals surface area (Å²) in [5, 5.41) is 4.30. The fourth-order valence-electron chi connectivity index (χ4n) is 5.56. The zero-order chi connectivity index (χ0) is 22.2. The Morgan fingerprint density at radius 2 is 1.84 bits per heavy atom. The number of piperidine rings is 1. The largest absolute Gasteiger partial charge is 0.496 e. The second kappa shape index (κ2) is 8.55. The number of carbonyl (C=O) groups excluding carboxylic acids is 1. The third-order valence-electron chi connectivity index (χ3n) is 7.49. The van der Waals surface area contributed by atoms with Gasteiger partial charge in [-0.2, -0.15) is 0 Å². The molecule has 2 aliphatic heterocycles. The molecule has 5 nitrogen and oxygen atoms in total. The fraction of sp³-hybridized carbons (Fsp3) is 0.407. The Morgan fingerprint density at radius 3 is 2.59 bits per heavy atom. The van der Waals surface area contributed by atoms with E-state index in [1.807, 2.05) is 30.3 Å². The van der Waals surface area contributed by atoms with Crippen molar-refractivity contribution in [3.63, 3.8) is 0 Å². The lowest BCUT2D eigenvalue weighted by molar-refractivity contribution is 0.0827. The van der Waals surface area contributed by atoms with Crippen molar-refractivity contribution in [3.8, 4) is 5.75 Å². The van der Waals surface area contributed by atoms with Gasteiger partial charge in [-0.15, -0.1) is 0 Å². The summed E-state index contributed by atoms with van der Waals surface area (Å²) in [5.74, 6) is 0.946. The van der Waals surface area contributed by atoms with Crippen molar-refractivity contribution >= 4 is 16.8 Å². The van der Waals surface area contributed by atoms with E-state index in [1.165, 1.54) is 29.5 Å². The summed E-state index contributed by atoms with van der Waals surface area (Å²) < 4.78 is 5.48. The Kier molecular flexibility index (Phi) is 5.60. The summed E-state index contributed by atoms with van der Waals surface area (Å²) in [5.41, 5.74) is 5.48. The monoisotopic (exact) mass is 429 g/mol. The molecular formula is C27H31N3O2. The molecule has 2 aromatic carbocycles. The quantitative estimate of drug-likeness (QED) is 0.634. The van der Waals surface area contributed by atoms with Gasteiger partial charge in [0.1, 0.15) is 5.75 Å². The van der Waals surface area contributed by atoms with Crippen LogP contribution in [0.15, 0.2) is 48.7 Å². The Labute approximate surface area is 189 Å². The van der Waals surface area contributed by atoms with Gasteiger partial charge in [-0.05, 0) is 74.4 Å². The molecule has 32 heavy (non-hydrogen) atoms. The van der Waals surface area contributed by atoms with Crippen molar-refractivity contribution in [1.82, 2.24) is 15.2 Å². The van der Waals surface area contributed by atoms with Crippen LogP contribution in [0, 0.1) is 13.8 Å². The van der Waals surface area contributed by atoms with Crippen molar-refractivity contribution in [2.45, 2.75) is 64.2 Å². The second-order valence-electron chi connectivity index (χ2n) is 9.29. The maximum atomic E-state index is 12.9. The molecule has 3 heterocycles. The van der Waals surface area contributed by atoms with E-state index in [0.717, 1.165) is 36.0 Å². The molecule has 2 bridgehead atoms. The number of hydrogen-bond donors (Lipinski definition) is 1. The zero-order valence-electron chi connectivity index (χ0n) is 19.1. The van der Waals surface area contributed by atoms with Crippen molar-refractivity contribution in [2.75, 3.05) is 7.11 Å². The summed E-state index contributed by atoms with van der Waals surface area (Å²) >= 11 is 0. The number of rotatable bonds is 5. The van der Waals surface area contributed by atoms with E-state index < -0.39 is 0 Å². The van der Waals surface area contributed by atoms with Gasteiger partial charge >= 0.3 is 0 Å². The van der Waals surface area contributed by atoms with E-state index in [9.17, 15) is 4.79 Å². The van der Waals surface area contributed by atoms with Crippen LogP contribution < -0.4 is 10.1 Å². The van der Waals surface area contributed by atoms with Gasteiger partial charge in [0.15, 0.2) is 0 Å². The number of carbonyl (C=O) groups is 1. The fourth-order valence-corrected chi connectivity index (χ4v) is 5.56. The highest BCUT2D eigenvalue weighted by Crippen LogP contribution is 2.38. The molecule has 0 saturated carbocycles. The number of amides is 1. The Morgan fingerprint density at radius 1 is 1.09 bits per heavy atom.